The molecule has 0 aliphatic carbocycles. The van der Waals surface area contributed by atoms with E-state index in [0.717, 1.165) is 54.1 Å². The summed E-state index contributed by atoms with van der Waals surface area (Å²) >= 11 is 0. The van der Waals surface area contributed by atoms with Crippen LogP contribution in [0.25, 0.3) is 0 Å². The van der Waals surface area contributed by atoms with Gasteiger partial charge in [-0.15, -0.1) is 0 Å². The monoisotopic (exact) mass is 609 g/mol. The van der Waals surface area contributed by atoms with Crippen LogP contribution >= 0.6 is 0 Å². The molecule has 0 aromatic heterocycles. The Kier molecular flexibility index (Phi) is 26.8. The number of unbranched alkanes of at least 4 members (excludes halogenated alkanes) is 3. The van der Waals surface area contributed by atoms with Crippen LogP contribution in [0.2, 0.25) is 0 Å². The molecule has 0 fully saturated rings. The molecule has 0 unspecified atom stereocenters. The van der Waals surface area contributed by atoms with Gasteiger partial charge in [0, 0.05) is 18.7 Å². The van der Waals surface area contributed by atoms with E-state index in [4.69, 9.17) is 0 Å². The van der Waals surface area contributed by atoms with Crippen LogP contribution < -0.4 is 0 Å². The number of phenols is 1. The van der Waals surface area contributed by atoms with Crippen molar-refractivity contribution < 1.29 is 14.3 Å². The minimum atomic E-state index is -0.144. The normalized spacial score (nSPS) is 10.4. The van der Waals surface area contributed by atoms with E-state index in [2.05, 4.69) is 34.6 Å². The maximum atomic E-state index is 12.4. The predicted molar refractivity (Wildman–Crippen MR) is 191 cm³/mol. The molecule has 1 N–H and O–H groups in total. The van der Waals surface area contributed by atoms with Crippen molar-refractivity contribution in [2.24, 2.45) is 5.92 Å². The van der Waals surface area contributed by atoms with E-state index in [-0.39, 0.29) is 24.9 Å². The molecule has 3 aromatic rings. The van der Waals surface area contributed by atoms with E-state index in [9.17, 15) is 14.3 Å². The Balaban J connectivity index is 0. The zero-order valence-electron chi connectivity index (χ0n) is 28.5. The minimum Gasteiger partial charge on any atom is -0.508 e. The zero-order chi connectivity index (χ0) is 32.5. The number of aryl methyl sites for hydroxylation is 1. The van der Waals surface area contributed by atoms with E-state index in [0.29, 0.717) is 0 Å². The Morgan fingerprint density at radius 1 is 0.750 bits per heavy atom. The van der Waals surface area contributed by atoms with Crippen molar-refractivity contribution in [3.63, 3.8) is 0 Å². The summed E-state index contributed by atoms with van der Waals surface area (Å²) in [5.41, 5.74) is 3.95. The van der Waals surface area contributed by atoms with Gasteiger partial charge in [0.2, 0.25) is 0 Å². The smallest absolute Gasteiger partial charge is 0.253 e. The van der Waals surface area contributed by atoms with Gasteiger partial charge in [-0.05, 0) is 85.7 Å². The third-order valence-electron chi connectivity index (χ3n) is 7.37. The Labute approximate surface area is 270 Å². The number of nitrogens with zero attached hydrogens (tertiary/aromatic N) is 1. The second-order valence-electron chi connectivity index (χ2n) is 11.0. The average molecular weight is 610 g/mol. The first-order chi connectivity index (χ1) is 20.7. The highest BCUT2D eigenvalue weighted by molar-refractivity contribution is 5.94. The number of amides is 1. The molecule has 0 radical (unpaired) electrons. The van der Waals surface area contributed by atoms with Crippen molar-refractivity contribution in [1.82, 2.24) is 4.90 Å². The van der Waals surface area contributed by atoms with Crippen molar-refractivity contribution in [3.8, 4) is 5.75 Å². The zero-order valence-corrected chi connectivity index (χ0v) is 28.5. The number of phenolic OH excluding ortho intramolecular Hbond substituents is 1. The fourth-order valence-corrected chi connectivity index (χ4v) is 4.06. The van der Waals surface area contributed by atoms with Gasteiger partial charge in [0.05, 0.1) is 0 Å². The van der Waals surface area contributed by atoms with Gasteiger partial charge >= 0.3 is 0 Å². The highest BCUT2D eigenvalue weighted by Crippen LogP contribution is 2.16. The summed E-state index contributed by atoms with van der Waals surface area (Å²) in [5, 5.41) is 9.47. The number of hydrogen-bond acceptors (Lipinski definition) is 2. The Morgan fingerprint density at radius 3 is 1.80 bits per heavy atom. The fraction of sp³-hybridized carbons (Fsp3) is 0.525. The van der Waals surface area contributed by atoms with Crippen molar-refractivity contribution in [2.75, 3.05) is 13.1 Å². The summed E-state index contributed by atoms with van der Waals surface area (Å²) in [7, 11) is 0. The van der Waals surface area contributed by atoms with Crippen LogP contribution in [0, 0.1) is 11.7 Å². The molecule has 1 atom stereocenters. The first kappa shape index (κ1) is 43.0. The van der Waals surface area contributed by atoms with Crippen LogP contribution in [-0.4, -0.2) is 29.0 Å². The number of rotatable bonds is 12. The van der Waals surface area contributed by atoms with Crippen LogP contribution in [0.1, 0.15) is 135 Å². The summed E-state index contributed by atoms with van der Waals surface area (Å²) in [5.74, 6) is 1.16. The second-order valence-corrected chi connectivity index (χ2v) is 11.0. The quantitative estimate of drug-likeness (QED) is 0.208. The van der Waals surface area contributed by atoms with E-state index in [1.807, 2.05) is 68.1 Å². The average Bonchev–Trinajstić information content (AvgIpc) is 3.02. The lowest BCUT2D eigenvalue weighted by atomic mass is 10.0. The van der Waals surface area contributed by atoms with Crippen LogP contribution in [0.3, 0.4) is 0 Å². The molecule has 3 rings (SSSR count). The van der Waals surface area contributed by atoms with E-state index in [1.165, 1.54) is 51.0 Å². The van der Waals surface area contributed by atoms with E-state index < -0.39 is 0 Å². The highest BCUT2D eigenvalue weighted by Gasteiger charge is 2.11. The molecule has 0 bridgehead atoms. The van der Waals surface area contributed by atoms with Gasteiger partial charge < -0.3 is 10.0 Å². The minimum absolute atomic E-state index is 0. The topological polar surface area (TPSA) is 40.5 Å². The highest BCUT2D eigenvalue weighted by atomic mass is 19.1. The lowest BCUT2D eigenvalue weighted by molar-refractivity contribution is 0.0773. The molecule has 1 amide bonds. The van der Waals surface area contributed by atoms with Crippen molar-refractivity contribution in [1.29, 1.82) is 0 Å². The molecule has 0 aliphatic rings. The van der Waals surface area contributed by atoms with Gasteiger partial charge in [-0.2, -0.15) is 0 Å². The first-order valence-corrected chi connectivity index (χ1v) is 16.6. The predicted octanol–water partition coefficient (Wildman–Crippen LogP) is 11.9. The molecule has 3 aromatic carbocycles. The summed E-state index contributed by atoms with van der Waals surface area (Å²) in [6, 6.07) is 21.6. The first-order valence-electron chi connectivity index (χ1n) is 16.6. The van der Waals surface area contributed by atoms with Gasteiger partial charge in [-0.25, -0.2) is 4.39 Å². The van der Waals surface area contributed by atoms with Gasteiger partial charge in [0.25, 0.3) is 5.91 Å². The van der Waals surface area contributed by atoms with Gasteiger partial charge in [-0.1, -0.05) is 130 Å². The number of benzene rings is 3. The molecule has 0 saturated carbocycles. The largest absolute Gasteiger partial charge is 0.508 e. The second kappa shape index (κ2) is 27.4. The molecular weight excluding hydrogens is 545 g/mol. The number of carbonyl (C=O) groups is 1. The van der Waals surface area contributed by atoms with Crippen LogP contribution in [0.15, 0.2) is 72.8 Å². The maximum absolute atomic E-state index is 12.4. The van der Waals surface area contributed by atoms with Crippen molar-refractivity contribution >= 4 is 5.91 Å². The molecule has 44 heavy (non-hydrogen) atoms. The molecular formula is C40H64FNO2. The fourth-order valence-electron chi connectivity index (χ4n) is 4.06. The molecule has 0 heterocycles. The number of carbonyl (C=O) groups excluding carboxylic acids is 1. The van der Waals surface area contributed by atoms with Crippen molar-refractivity contribution in [2.45, 2.75) is 121 Å². The van der Waals surface area contributed by atoms with Gasteiger partial charge in [0.1, 0.15) is 11.6 Å². The molecule has 0 aliphatic heterocycles. The van der Waals surface area contributed by atoms with Crippen LogP contribution in [0.4, 0.5) is 4.39 Å². The van der Waals surface area contributed by atoms with E-state index >= 15 is 0 Å². The number of hydrogen-bond donors (Lipinski definition) is 1. The Hall–Kier alpha value is -3.14. The number of aromatic hydroxyl groups is 1. The maximum Gasteiger partial charge on any atom is 0.253 e. The lowest BCUT2D eigenvalue weighted by Gasteiger charge is -2.18. The van der Waals surface area contributed by atoms with Crippen molar-refractivity contribution in [3.05, 3.63) is 101 Å². The summed E-state index contributed by atoms with van der Waals surface area (Å²) in [6.07, 6.45) is 11.3. The van der Waals surface area contributed by atoms with Crippen LogP contribution in [-0.2, 0) is 12.8 Å². The van der Waals surface area contributed by atoms with E-state index in [1.54, 1.807) is 24.3 Å². The standard InChI is InChI=1S/C18H21NO2.C9H20.C8H9F.C4H10.CH4/c1-3-19(4-2)18(21)16-10-8-14(9-11-16)12-15-6-5-7-17(20)13-15;1-4-6-7-8-9(3)5-2;1-2-7-4-3-5-8(9)6-7;1-3-4-2;/h5-11,13,20H,3-4,12H2,1-2H3;9H,4-8H2,1-3H3;3-6H,2H2,1H3;3-4H2,1-2H3;1H4/t;9-;;;/m.1.../s1. The summed E-state index contributed by atoms with van der Waals surface area (Å²) in [6.45, 7) is 18.7. The number of halogens is 1. The summed E-state index contributed by atoms with van der Waals surface area (Å²) in [4.78, 5) is 14.0. The SMILES string of the molecule is C.CCCC.CCCCC[C@H](C)CC.CCN(CC)C(=O)c1ccc(Cc2cccc(O)c2)cc1.CCc1cccc(F)c1. The molecule has 0 spiro atoms. The third-order valence-corrected chi connectivity index (χ3v) is 7.37. The third kappa shape index (κ3) is 19.9. The molecule has 0 saturated heterocycles. The molecule has 248 valence electrons. The molecule has 4 heteroatoms. The lowest BCUT2D eigenvalue weighted by Crippen LogP contribution is -2.30. The Bertz CT molecular complexity index is 1090. The molecule has 3 nitrogen and oxygen atoms in total. The Morgan fingerprint density at radius 2 is 1.34 bits per heavy atom. The summed E-state index contributed by atoms with van der Waals surface area (Å²) < 4.78 is 12.4. The van der Waals surface area contributed by atoms with Gasteiger partial charge in [-0.3, -0.25) is 4.79 Å². The van der Waals surface area contributed by atoms with Gasteiger partial charge in [0.15, 0.2) is 0 Å². The van der Waals surface area contributed by atoms with Crippen LogP contribution in [0.5, 0.6) is 5.75 Å².